The van der Waals surface area contributed by atoms with Crippen molar-refractivity contribution < 1.29 is 24.0 Å². The van der Waals surface area contributed by atoms with E-state index in [1.807, 2.05) is 0 Å². The van der Waals surface area contributed by atoms with Crippen molar-refractivity contribution in [1.29, 1.82) is 0 Å². The molecule has 146 valence electrons. The number of anilines is 1. The third kappa shape index (κ3) is 4.37. The number of nitrogens with one attached hydrogen (secondary N) is 1. The number of primary amides is 1. The third-order valence-corrected chi connectivity index (χ3v) is 5.43. The number of oxime groups is 1. The molecule has 2 aromatic rings. The highest BCUT2D eigenvalue weighted by Gasteiger charge is 2.26. The number of carbonyl (C=O) groups excluding carboxylic acids is 3. The standard InChI is InChI=1S/C19H19N3O5S/c1-26-19(25)12-7-5-11(6-8-12)9-21-27-10-15(23)22-18-16(17(20)24)13-3-2-4-14(13)28-18/h5-9H,2-4,10H2,1H3,(H2,20,24)(H,22,23). The molecule has 0 saturated heterocycles. The number of rotatable bonds is 7. The number of methoxy groups -OCH3 is 1. The quantitative estimate of drug-likeness (QED) is 0.418. The van der Waals surface area contributed by atoms with Crippen LogP contribution in [0, 0.1) is 0 Å². The molecule has 2 amide bonds. The smallest absolute Gasteiger partial charge is 0.337 e. The first-order valence-electron chi connectivity index (χ1n) is 8.57. The van der Waals surface area contributed by atoms with Crippen LogP contribution in [0.1, 0.15) is 43.1 Å². The Hall–Kier alpha value is -3.20. The summed E-state index contributed by atoms with van der Waals surface area (Å²) in [5.74, 6) is -1.39. The van der Waals surface area contributed by atoms with Crippen molar-refractivity contribution in [1.82, 2.24) is 0 Å². The van der Waals surface area contributed by atoms with Crippen LogP contribution in [-0.4, -0.2) is 37.7 Å². The van der Waals surface area contributed by atoms with Crippen LogP contribution in [0.25, 0.3) is 0 Å². The lowest BCUT2D eigenvalue weighted by molar-refractivity contribution is -0.120. The zero-order valence-corrected chi connectivity index (χ0v) is 16.0. The molecule has 9 heteroatoms. The summed E-state index contributed by atoms with van der Waals surface area (Å²) in [5.41, 5.74) is 7.93. The number of benzene rings is 1. The largest absolute Gasteiger partial charge is 0.465 e. The number of thiophene rings is 1. The van der Waals surface area contributed by atoms with Gasteiger partial charge in [0, 0.05) is 4.88 Å². The zero-order valence-electron chi connectivity index (χ0n) is 15.2. The highest BCUT2D eigenvalue weighted by atomic mass is 32.1. The number of hydrogen-bond acceptors (Lipinski definition) is 7. The van der Waals surface area contributed by atoms with E-state index >= 15 is 0 Å². The maximum atomic E-state index is 12.1. The summed E-state index contributed by atoms with van der Waals surface area (Å²) >= 11 is 1.38. The normalized spacial score (nSPS) is 12.6. The van der Waals surface area contributed by atoms with Crippen LogP contribution in [0.2, 0.25) is 0 Å². The molecule has 1 aromatic heterocycles. The van der Waals surface area contributed by atoms with E-state index in [-0.39, 0.29) is 6.61 Å². The van der Waals surface area contributed by atoms with Gasteiger partial charge in [0.15, 0.2) is 6.61 Å². The van der Waals surface area contributed by atoms with Gasteiger partial charge >= 0.3 is 5.97 Å². The molecule has 3 N–H and O–H groups in total. The maximum absolute atomic E-state index is 12.1. The first-order valence-corrected chi connectivity index (χ1v) is 9.39. The van der Waals surface area contributed by atoms with E-state index in [1.165, 1.54) is 24.7 Å². The van der Waals surface area contributed by atoms with Crippen LogP contribution in [0.15, 0.2) is 29.4 Å². The Morgan fingerprint density at radius 1 is 1.25 bits per heavy atom. The lowest BCUT2D eigenvalue weighted by atomic mass is 10.1. The van der Waals surface area contributed by atoms with Crippen molar-refractivity contribution in [2.24, 2.45) is 10.9 Å². The summed E-state index contributed by atoms with van der Waals surface area (Å²) < 4.78 is 4.62. The van der Waals surface area contributed by atoms with Gasteiger partial charge in [-0.3, -0.25) is 9.59 Å². The molecule has 1 aliphatic carbocycles. The monoisotopic (exact) mass is 401 g/mol. The molecular weight excluding hydrogens is 382 g/mol. The molecule has 0 unspecified atom stereocenters. The van der Waals surface area contributed by atoms with E-state index in [2.05, 4.69) is 15.2 Å². The van der Waals surface area contributed by atoms with E-state index < -0.39 is 17.8 Å². The summed E-state index contributed by atoms with van der Waals surface area (Å²) in [6.45, 7) is -0.308. The van der Waals surface area contributed by atoms with Crippen molar-refractivity contribution in [3.8, 4) is 0 Å². The number of ether oxygens (including phenoxy) is 1. The molecule has 28 heavy (non-hydrogen) atoms. The van der Waals surface area contributed by atoms with E-state index in [0.29, 0.717) is 21.7 Å². The average Bonchev–Trinajstić information content (AvgIpc) is 3.25. The second kappa shape index (κ2) is 8.66. The van der Waals surface area contributed by atoms with Gasteiger partial charge in [-0.1, -0.05) is 17.3 Å². The van der Waals surface area contributed by atoms with Crippen LogP contribution in [0.4, 0.5) is 5.00 Å². The highest BCUT2D eigenvalue weighted by Crippen LogP contribution is 2.38. The molecule has 0 radical (unpaired) electrons. The van der Waals surface area contributed by atoms with Crippen molar-refractivity contribution in [3.05, 3.63) is 51.4 Å². The fraction of sp³-hybridized carbons (Fsp3) is 0.263. The minimum Gasteiger partial charge on any atom is -0.465 e. The number of nitrogens with zero attached hydrogens (tertiary/aromatic N) is 1. The van der Waals surface area contributed by atoms with Crippen molar-refractivity contribution in [2.45, 2.75) is 19.3 Å². The van der Waals surface area contributed by atoms with E-state index in [0.717, 1.165) is 29.7 Å². The van der Waals surface area contributed by atoms with Crippen molar-refractivity contribution >= 4 is 40.3 Å². The number of carbonyl (C=O) groups is 3. The van der Waals surface area contributed by atoms with Gasteiger partial charge in [-0.05, 0) is 42.5 Å². The zero-order chi connectivity index (χ0) is 20.1. The van der Waals surface area contributed by atoms with Crippen LogP contribution in [0.5, 0.6) is 0 Å². The van der Waals surface area contributed by atoms with Gasteiger partial charge in [0.25, 0.3) is 11.8 Å². The average molecular weight is 401 g/mol. The topological polar surface area (TPSA) is 120 Å². The lowest BCUT2D eigenvalue weighted by Crippen LogP contribution is -2.20. The van der Waals surface area contributed by atoms with E-state index in [1.54, 1.807) is 24.3 Å². The number of fused-ring (bicyclic) bond motifs is 1. The molecule has 3 rings (SSSR count). The van der Waals surface area contributed by atoms with Crippen LogP contribution in [-0.2, 0) is 27.2 Å². The van der Waals surface area contributed by atoms with Gasteiger partial charge in [0.1, 0.15) is 5.00 Å². The molecule has 1 aliphatic rings. The minimum absolute atomic E-state index is 0.308. The molecular formula is C19H19N3O5S. The van der Waals surface area contributed by atoms with Gasteiger partial charge in [-0.2, -0.15) is 0 Å². The highest BCUT2D eigenvalue weighted by molar-refractivity contribution is 7.17. The van der Waals surface area contributed by atoms with Gasteiger partial charge in [0.2, 0.25) is 0 Å². The van der Waals surface area contributed by atoms with Crippen molar-refractivity contribution in [2.75, 3.05) is 19.0 Å². The van der Waals surface area contributed by atoms with Crippen LogP contribution >= 0.6 is 11.3 Å². The Kier molecular flexibility index (Phi) is 6.05. The predicted molar refractivity (Wildman–Crippen MR) is 105 cm³/mol. The van der Waals surface area contributed by atoms with Gasteiger partial charge in [0.05, 0.1) is 24.5 Å². The fourth-order valence-electron chi connectivity index (χ4n) is 2.93. The maximum Gasteiger partial charge on any atom is 0.337 e. The molecule has 1 aromatic carbocycles. The third-order valence-electron chi connectivity index (χ3n) is 4.22. The summed E-state index contributed by atoms with van der Waals surface area (Å²) in [6.07, 6.45) is 4.11. The van der Waals surface area contributed by atoms with E-state index in [4.69, 9.17) is 10.6 Å². The van der Waals surface area contributed by atoms with Gasteiger partial charge in [-0.25, -0.2) is 4.79 Å². The number of aryl methyl sites for hydroxylation is 1. The van der Waals surface area contributed by atoms with Crippen molar-refractivity contribution in [3.63, 3.8) is 0 Å². The SMILES string of the molecule is COC(=O)c1ccc(C=NOCC(=O)Nc2sc3c(c2C(N)=O)CCC3)cc1. The van der Waals surface area contributed by atoms with E-state index in [9.17, 15) is 14.4 Å². The fourth-order valence-corrected chi connectivity index (χ4v) is 4.24. The minimum atomic E-state index is -0.538. The first kappa shape index (κ1) is 19.6. The summed E-state index contributed by atoms with van der Waals surface area (Å²) in [4.78, 5) is 41.3. The molecule has 1 heterocycles. The summed E-state index contributed by atoms with van der Waals surface area (Å²) in [7, 11) is 1.31. The molecule has 0 aliphatic heterocycles. The predicted octanol–water partition coefficient (Wildman–Crippen LogP) is 2.11. The summed E-state index contributed by atoms with van der Waals surface area (Å²) in [6, 6.07) is 6.54. The molecule has 0 bridgehead atoms. The second-order valence-electron chi connectivity index (χ2n) is 6.10. The molecule has 0 fully saturated rings. The first-order chi connectivity index (χ1) is 13.5. The lowest BCUT2D eigenvalue weighted by Gasteiger charge is -2.05. The Labute approximate surface area is 165 Å². The molecule has 0 spiro atoms. The van der Waals surface area contributed by atoms with Crippen LogP contribution in [0.3, 0.4) is 0 Å². The number of nitrogens with two attached hydrogens (primary N) is 1. The second-order valence-corrected chi connectivity index (χ2v) is 7.20. The van der Waals surface area contributed by atoms with Gasteiger partial charge < -0.3 is 20.6 Å². The van der Waals surface area contributed by atoms with Gasteiger partial charge in [-0.15, -0.1) is 11.3 Å². The Morgan fingerprint density at radius 2 is 2.00 bits per heavy atom. The Bertz CT molecular complexity index is 934. The van der Waals surface area contributed by atoms with Crippen LogP contribution < -0.4 is 11.1 Å². The Balaban J connectivity index is 1.53. The Morgan fingerprint density at radius 3 is 2.68 bits per heavy atom. The molecule has 0 atom stereocenters. The molecule has 0 saturated carbocycles. The molecule has 8 nitrogen and oxygen atoms in total. The number of hydrogen-bond donors (Lipinski definition) is 2. The number of esters is 1. The number of amides is 2. The summed E-state index contributed by atoms with van der Waals surface area (Å²) in [5, 5.41) is 6.88.